The third-order valence-electron chi connectivity index (χ3n) is 3.96. The van der Waals surface area contributed by atoms with Crippen LogP contribution in [0.25, 0.3) is 10.9 Å². The van der Waals surface area contributed by atoms with Crippen molar-refractivity contribution in [1.29, 1.82) is 0 Å². The van der Waals surface area contributed by atoms with Crippen LogP contribution in [0.3, 0.4) is 0 Å². The van der Waals surface area contributed by atoms with Gasteiger partial charge in [-0.1, -0.05) is 0 Å². The Morgan fingerprint density at radius 3 is 2.00 bits per heavy atom. The van der Waals surface area contributed by atoms with Gasteiger partial charge in [-0.15, -0.1) is 0 Å². The fraction of sp³-hybridized carbons (Fsp3) is 0.529. The molecule has 0 saturated carbocycles. The predicted molar refractivity (Wildman–Crippen MR) is 116 cm³/mol. The standard InChI is InChI=1S/C15H21N3O.2CH4O3S.H2O/c1-17-5-7-18(8-6-17)11-12-10-16-15-4-3-13(19-2)9-14(12)15;2*1-5(2,3)4;/h3-4,9-10,16H,5-8,11H2,1-2H3;2*1H3,(H,2,3,4);1H2. The molecule has 2 heterocycles. The van der Waals surface area contributed by atoms with Crippen molar-refractivity contribution in [3.05, 3.63) is 30.0 Å². The van der Waals surface area contributed by atoms with Crippen LogP contribution >= 0.6 is 0 Å². The number of aromatic nitrogens is 1. The molecular formula is C17H31N3O8S2. The van der Waals surface area contributed by atoms with E-state index in [0.29, 0.717) is 12.5 Å². The Hall–Kier alpha value is -1.74. The summed E-state index contributed by atoms with van der Waals surface area (Å²) >= 11 is 0. The lowest BCUT2D eigenvalue weighted by molar-refractivity contribution is 0.148. The van der Waals surface area contributed by atoms with Crippen LogP contribution in [0.1, 0.15) is 5.56 Å². The van der Waals surface area contributed by atoms with Crippen molar-refractivity contribution in [3.63, 3.8) is 0 Å². The molecule has 1 aliphatic rings. The van der Waals surface area contributed by atoms with Crippen LogP contribution in [0.5, 0.6) is 5.75 Å². The number of aromatic amines is 1. The average molecular weight is 470 g/mol. The average Bonchev–Trinajstić information content (AvgIpc) is 2.96. The summed E-state index contributed by atoms with van der Waals surface area (Å²) in [6.45, 7) is 5.62. The molecule has 30 heavy (non-hydrogen) atoms. The van der Waals surface area contributed by atoms with E-state index in [1.165, 1.54) is 16.5 Å². The van der Waals surface area contributed by atoms with Gasteiger partial charge < -0.3 is 20.1 Å². The molecule has 1 fully saturated rings. The first-order chi connectivity index (χ1) is 13.3. The summed E-state index contributed by atoms with van der Waals surface area (Å²) in [5.74, 6) is 0.923. The van der Waals surface area contributed by atoms with E-state index in [2.05, 4.69) is 40.2 Å². The van der Waals surface area contributed by atoms with Crippen molar-refractivity contribution < 1.29 is 36.2 Å². The molecule has 0 radical (unpaired) electrons. The van der Waals surface area contributed by atoms with Crippen LogP contribution in [0.2, 0.25) is 0 Å². The molecular weight excluding hydrogens is 438 g/mol. The first-order valence-electron chi connectivity index (χ1n) is 8.66. The zero-order chi connectivity index (χ0) is 22.2. The van der Waals surface area contributed by atoms with Crippen LogP contribution in [0.15, 0.2) is 24.4 Å². The van der Waals surface area contributed by atoms with Gasteiger partial charge in [-0.05, 0) is 30.8 Å². The van der Waals surface area contributed by atoms with E-state index in [9.17, 15) is 16.8 Å². The minimum absolute atomic E-state index is 0. The maximum Gasteiger partial charge on any atom is 0.261 e. The number of hydrogen-bond donors (Lipinski definition) is 3. The highest BCUT2D eigenvalue weighted by molar-refractivity contribution is 7.85. The number of likely N-dealkylation sites (N-methyl/N-ethyl adjacent to an activating group) is 1. The largest absolute Gasteiger partial charge is 0.497 e. The maximum atomic E-state index is 9.19. The summed E-state index contributed by atoms with van der Waals surface area (Å²) in [5, 5.41) is 1.28. The molecule has 174 valence electrons. The summed E-state index contributed by atoms with van der Waals surface area (Å²) in [6.07, 6.45) is 3.56. The molecule has 3 rings (SSSR count). The van der Waals surface area contributed by atoms with E-state index in [-0.39, 0.29) is 5.48 Å². The van der Waals surface area contributed by atoms with Gasteiger partial charge in [-0.3, -0.25) is 14.0 Å². The smallest absolute Gasteiger partial charge is 0.261 e. The number of nitrogens with one attached hydrogen (secondary N) is 1. The molecule has 13 heteroatoms. The first kappa shape index (κ1) is 28.3. The molecule has 11 nitrogen and oxygen atoms in total. The Balaban J connectivity index is 0.000000646. The van der Waals surface area contributed by atoms with Crippen molar-refractivity contribution >= 4 is 31.1 Å². The minimum atomic E-state index is -3.67. The fourth-order valence-electron chi connectivity index (χ4n) is 2.66. The van der Waals surface area contributed by atoms with E-state index in [1.807, 2.05) is 6.07 Å². The Morgan fingerprint density at radius 1 is 1.03 bits per heavy atom. The van der Waals surface area contributed by atoms with Crippen molar-refractivity contribution in [2.24, 2.45) is 0 Å². The highest BCUT2D eigenvalue weighted by atomic mass is 32.2. The van der Waals surface area contributed by atoms with Gasteiger partial charge >= 0.3 is 0 Å². The van der Waals surface area contributed by atoms with Crippen molar-refractivity contribution in [2.75, 3.05) is 52.8 Å². The van der Waals surface area contributed by atoms with Crippen molar-refractivity contribution in [2.45, 2.75) is 6.54 Å². The Morgan fingerprint density at radius 2 is 1.53 bits per heavy atom. The lowest BCUT2D eigenvalue weighted by atomic mass is 10.1. The van der Waals surface area contributed by atoms with Crippen LogP contribution < -0.4 is 4.74 Å². The zero-order valence-electron chi connectivity index (χ0n) is 17.5. The number of hydrogen-bond acceptors (Lipinski definition) is 7. The number of fused-ring (bicyclic) bond motifs is 1. The summed E-state index contributed by atoms with van der Waals surface area (Å²) < 4.78 is 57.1. The third kappa shape index (κ3) is 12.7. The second kappa shape index (κ2) is 12.2. The number of H-pyrrole nitrogens is 1. The van der Waals surface area contributed by atoms with Gasteiger partial charge in [-0.25, -0.2) is 0 Å². The van der Waals surface area contributed by atoms with Gasteiger partial charge in [0.15, 0.2) is 0 Å². The number of benzene rings is 1. The Labute approximate surface area is 177 Å². The second-order valence-electron chi connectivity index (χ2n) is 6.77. The molecule has 1 saturated heterocycles. The first-order valence-corrected chi connectivity index (χ1v) is 12.4. The van der Waals surface area contributed by atoms with Crippen molar-refractivity contribution in [1.82, 2.24) is 14.8 Å². The van der Waals surface area contributed by atoms with E-state index in [0.717, 1.165) is 38.5 Å². The summed E-state index contributed by atoms with van der Waals surface area (Å²) in [4.78, 5) is 8.24. The molecule has 0 amide bonds. The van der Waals surface area contributed by atoms with Gasteiger partial charge in [0.1, 0.15) is 5.75 Å². The van der Waals surface area contributed by atoms with Gasteiger partial charge in [0, 0.05) is 49.8 Å². The molecule has 5 N–H and O–H groups in total. The van der Waals surface area contributed by atoms with Crippen LogP contribution in [-0.2, 0) is 26.8 Å². The molecule has 0 aliphatic carbocycles. The summed E-state index contributed by atoms with van der Waals surface area (Å²) in [7, 11) is -3.43. The number of methoxy groups -OCH3 is 1. The lowest BCUT2D eigenvalue weighted by Gasteiger charge is -2.32. The summed E-state index contributed by atoms with van der Waals surface area (Å²) in [6, 6.07) is 6.21. The molecule has 0 atom stereocenters. The third-order valence-corrected chi connectivity index (χ3v) is 3.96. The second-order valence-corrected chi connectivity index (χ2v) is 9.70. The van der Waals surface area contributed by atoms with E-state index >= 15 is 0 Å². The number of rotatable bonds is 3. The molecule has 1 aromatic heterocycles. The SMILES string of the molecule is COc1ccc2[nH]cc(CN3CCN(C)CC3)c2c1.CS(=O)(=O)O.CS(=O)(=O)O.O. The fourth-order valence-corrected chi connectivity index (χ4v) is 2.66. The number of ether oxygens (including phenoxy) is 1. The lowest BCUT2D eigenvalue weighted by Crippen LogP contribution is -2.43. The Bertz CT molecular complexity index is 936. The molecule has 2 aromatic rings. The van der Waals surface area contributed by atoms with E-state index < -0.39 is 20.2 Å². The summed E-state index contributed by atoms with van der Waals surface area (Å²) in [5.41, 5.74) is 2.54. The molecule has 1 aliphatic heterocycles. The Kier molecular flexibility index (Phi) is 11.5. The minimum Gasteiger partial charge on any atom is -0.497 e. The van der Waals surface area contributed by atoms with E-state index in [4.69, 9.17) is 13.8 Å². The molecule has 0 unspecified atom stereocenters. The van der Waals surface area contributed by atoms with Gasteiger partial charge in [-0.2, -0.15) is 16.8 Å². The number of nitrogens with zero attached hydrogens (tertiary/aromatic N) is 2. The molecule has 0 spiro atoms. The quantitative estimate of drug-likeness (QED) is 0.527. The number of piperazine rings is 1. The highest BCUT2D eigenvalue weighted by Gasteiger charge is 2.15. The molecule has 0 bridgehead atoms. The van der Waals surface area contributed by atoms with Crippen molar-refractivity contribution in [3.8, 4) is 5.75 Å². The topological polar surface area (TPSA) is 172 Å². The van der Waals surface area contributed by atoms with Crippen LogP contribution in [-0.4, -0.2) is 99.0 Å². The highest BCUT2D eigenvalue weighted by Crippen LogP contribution is 2.24. The maximum absolute atomic E-state index is 9.19. The van der Waals surface area contributed by atoms with Crippen LogP contribution in [0.4, 0.5) is 0 Å². The van der Waals surface area contributed by atoms with E-state index in [1.54, 1.807) is 7.11 Å². The normalized spacial score (nSPS) is 15.3. The zero-order valence-corrected chi connectivity index (χ0v) is 19.1. The van der Waals surface area contributed by atoms with Gasteiger partial charge in [0.2, 0.25) is 0 Å². The van der Waals surface area contributed by atoms with Crippen LogP contribution in [0, 0.1) is 0 Å². The monoisotopic (exact) mass is 469 g/mol. The van der Waals surface area contributed by atoms with Gasteiger partial charge in [0.05, 0.1) is 19.6 Å². The molecule has 1 aromatic carbocycles. The predicted octanol–water partition coefficient (Wildman–Crippen LogP) is 0.107. The van der Waals surface area contributed by atoms with Gasteiger partial charge in [0.25, 0.3) is 20.2 Å².